The van der Waals surface area contributed by atoms with Crippen molar-refractivity contribution in [3.63, 3.8) is 0 Å². The number of fused-ring (bicyclic) bond motifs is 1. The molecule has 0 atom stereocenters. The van der Waals surface area contributed by atoms with Gasteiger partial charge in [0, 0.05) is 17.4 Å². The van der Waals surface area contributed by atoms with Crippen molar-refractivity contribution in [2.45, 2.75) is 25.3 Å². The number of aliphatic carboxylic acids is 1. The van der Waals surface area contributed by atoms with Crippen LogP contribution < -0.4 is 10.1 Å². The quantitative estimate of drug-likeness (QED) is 0.179. The van der Waals surface area contributed by atoms with Crippen LogP contribution in [0.1, 0.15) is 46.8 Å². The average molecular weight is 520 g/mol. The van der Waals surface area contributed by atoms with Gasteiger partial charge in [0.25, 0.3) is 5.91 Å². The summed E-state index contributed by atoms with van der Waals surface area (Å²) in [7, 11) is 0. The highest BCUT2D eigenvalue weighted by Gasteiger charge is 2.19. The van der Waals surface area contributed by atoms with E-state index in [2.05, 4.69) is 5.32 Å². The number of carbonyl (C=O) groups excluding carboxylic acids is 1. The Morgan fingerprint density at radius 1 is 0.795 bits per heavy atom. The van der Waals surface area contributed by atoms with Gasteiger partial charge in [-0.25, -0.2) is 0 Å². The number of para-hydroxylation sites is 1. The maximum Gasteiger partial charge on any atom is 0.303 e. The maximum atomic E-state index is 13.4. The maximum absolute atomic E-state index is 13.4. The molecule has 5 rings (SSSR count). The van der Waals surface area contributed by atoms with Gasteiger partial charge in [-0.2, -0.15) is 0 Å². The molecular formula is C33H29NO5. The number of ether oxygens (including phenoxy) is 1. The molecule has 0 saturated heterocycles. The van der Waals surface area contributed by atoms with E-state index in [-0.39, 0.29) is 18.4 Å². The average Bonchev–Trinajstić information content (AvgIpc) is 3.40. The van der Waals surface area contributed by atoms with Crippen LogP contribution in [0.4, 0.5) is 0 Å². The Morgan fingerprint density at radius 3 is 2.15 bits per heavy atom. The molecule has 0 aliphatic rings. The number of hydrogen-bond donors (Lipinski definition) is 2. The first-order valence-corrected chi connectivity index (χ1v) is 13.0. The zero-order valence-electron chi connectivity index (χ0n) is 21.4. The predicted octanol–water partition coefficient (Wildman–Crippen LogP) is 7.25. The number of hydrogen-bond acceptors (Lipinski definition) is 4. The number of amides is 1. The fourth-order valence-corrected chi connectivity index (χ4v) is 4.54. The topological polar surface area (TPSA) is 88.8 Å². The van der Waals surface area contributed by atoms with E-state index in [0.717, 1.165) is 22.1 Å². The summed E-state index contributed by atoms with van der Waals surface area (Å²) in [5, 5.41) is 12.8. The molecule has 0 saturated carbocycles. The Hall–Kier alpha value is -4.84. The molecule has 5 aromatic rings. The van der Waals surface area contributed by atoms with Gasteiger partial charge in [0.2, 0.25) is 0 Å². The van der Waals surface area contributed by atoms with Crippen LogP contribution in [0.3, 0.4) is 0 Å². The van der Waals surface area contributed by atoms with Crippen LogP contribution in [0.15, 0.2) is 114 Å². The number of carbonyl (C=O) groups is 2. The minimum Gasteiger partial charge on any atom is -0.493 e. The van der Waals surface area contributed by atoms with Crippen LogP contribution in [0.25, 0.3) is 22.3 Å². The largest absolute Gasteiger partial charge is 0.493 e. The summed E-state index contributed by atoms with van der Waals surface area (Å²) in [5.41, 5.74) is 4.01. The molecular weight excluding hydrogens is 490 g/mol. The summed E-state index contributed by atoms with van der Waals surface area (Å²) in [6.07, 6.45) is 1.33. The molecule has 0 unspecified atom stereocenters. The normalized spacial score (nSPS) is 11.0. The molecule has 2 N–H and O–H groups in total. The second-order valence-electron chi connectivity index (χ2n) is 9.29. The van der Waals surface area contributed by atoms with E-state index in [0.29, 0.717) is 42.1 Å². The minimum absolute atomic E-state index is 0.127. The number of rotatable bonds is 11. The molecule has 39 heavy (non-hydrogen) atoms. The highest BCUT2D eigenvalue weighted by atomic mass is 16.5. The third kappa shape index (κ3) is 6.36. The molecule has 4 aromatic carbocycles. The van der Waals surface area contributed by atoms with E-state index in [9.17, 15) is 9.59 Å². The van der Waals surface area contributed by atoms with Gasteiger partial charge in [-0.15, -0.1) is 0 Å². The van der Waals surface area contributed by atoms with Crippen LogP contribution in [0.2, 0.25) is 0 Å². The number of carboxylic acids is 1. The molecule has 1 amide bonds. The SMILES string of the molecule is O=C(O)CCCCOc1ccccc1-c1cc2cc(C(=O)NC(c3ccccc3)c3ccccc3)ccc2o1. The van der Waals surface area contributed by atoms with E-state index in [1.54, 1.807) is 6.07 Å². The Bertz CT molecular complexity index is 1520. The summed E-state index contributed by atoms with van der Waals surface area (Å²) < 4.78 is 12.1. The first kappa shape index (κ1) is 25.8. The molecule has 0 fully saturated rings. The van der Waals surface area contributed by atoms with Gasteiger partial charge in [0.05, 0.1) is 18.2 Å². The third-order valence-electron chi connectivity index (χ3n) is 6.51. The summed E-state index contributed by atoms with van der Waals surface area (Å²) in [5.74, 6) is 0.317. The van der Waals surface area contributed by atoms with Gasteiger partial charge in [-0.3, -0.25) is 9.59 Å². The van der Waals surface area contributed by atoms with Crippen LogP contribution in [-0.4, -0.2) is 23.6 Å². The van der Waals surface area contributed by atoms with Gasteiger partial charge in [-0.05, 0) is 60.4 Å². The van der Waals surface area contributed by atoms with E-state index in [1.165, 1.54) is 0 Å². The summed E-state index contributed by atoms with van der Waals surface area (Å²) >= 11 is 0. The molecule has 6 heteroatoms. The van der Waals surface area contributed by atoms with Gasteiger partial charge in [0.15, 0.2) is 0 Å². The number of carboxylic acid groups (broad SMARTS) is 1. The van der Waals surface area contributed by atoms with E-state index in [4.69, 9.17) is 14.3 Å². The predicted molar refractivity (Wildman–Crippen MR) is 151 cm³/mol. The molecule has 1 aromatic heterocycles. The van der Waals surface area contributed by atoms with E-state index >= 15 is 0 Å². The molecule has 6 nitrogen and oxygen atoms in total. The lowest BCUT2D eigenvalue weighted by atomic mass is 9.98. The highest BCUT2D eigenvalue weighted by Crippen LogP contribution is 2.34. The lowest BCUT2D eigenvalue weighted by Gasteiger charge is -2.20. The van der Waals surface area contributed by atoms with Gasteiger partial charge >= 0.3 is 5.97 Å². The van der Waals surface area contributed by atoms with E-state index < -0.39 is 5.97 Å². The molecule has 196 valence electrons. The number of benzene rings is 4. The lowest BCUT2D eigenvalue weighted by Crippen LogP contribution is -2.29. The Labute approximate surface area is 226 Å². The number of nitrogens with one attached hydrogen (secondary N) is 1. The molecule has 1 heterocycles. The number of unbranched alkanes of at least 4 members (excludes halogenated alkanes) is 1. The third-order valence-corrected chi connectivity index (χ3v) is 6.51. The monoisotopic (exact) mass is 519 g/mol. The van der Waals surface area contributed by atoms with Gasteiger partial charge in [-0.1, -0.05) is 72.8 Å². The Kier molecular flexibility index (Phi) is 8.03. The van der Waals surface area contributed by atoms with Crippen molar-refractivity contribution in [2.75, 3.05) is 6.61 Å². The Balaban J connectivity index is 1.35. The number of furan rings is 1. The van der Waals surface area contributed by atoms with Crippen LogP contribution in [0, 0.1) is 0 Å². The first-order chi connectivity index (χ1) is 19.1. The van der Waals surface area contributed by atoms with Crippen molar-refractivity contribution in [3.8, 4) is 17.1 Å². The van der Waals surface area contributed by atoms with Gasteiger partial charge < -0.3 is 19.6 Å². The second-order valence-corrected chi connectivity index (χ2v) is 9.29. The second kappa shape index (κ2) is 12.1. The van der Waals surface area contributed by atoms with Crippen LogP contribution >= 0.6 is 0 Å². The lowest BCUT2D eigenvalue weighted by molar-refractivity contribution is -0.137. The van der Waals surface area contributed by atoms with Crippen LogP contribution in [-0.2, 0) is 4.79 Å². The summed E-state index contributed by atoms with van der Waals surface area (Å²) in [4.78, 5) is 24.1. The van der Waals surface area contributed by atoms with Crippen LogP contribution in [0.5, 0.6) is 5.75 Å². The first-order valence-electron chi connectivity index (χ1n) is 13.0. The van der Waals surface area contributed by atoms with Crippen molar-refractivity contribution < 1.29 is 23.8 Å². The fraction of sp³-hybridized carbons (Fsp3) is 0.152. The van der Waals surface area contributed by atoms with Crippen molar-refractivity contribution in [3.05, 3.63) is 126 Å². The van der Waals surface area contributed by atoms with Crippen molar-refractivity contribution in [1.29, 1.82) is 0 Å². The minimum atomic E-state index is -0.804. The van der Waals surface area contributed by atoms with Crippen molar-refractivity contribution in [1.82, 2.24) is 5.32 Å². The Morgan fingerprint density at radius 2 is 1.46 bits per heavy atom. The highest BCUT2D eigenvalue weighted by molar-refractivity contribution is 5.99. The smallest absolute Gasteiger partial charge is 0.303 e. The fourth-order valence-electron chi connectivity index (χ4n) is 4.54. The van der Waals surface area contributed by atoms with Gasteiger partial charge in [0.1, 0.15) is 17.1 Å². The van der Waals surface area contributed by atoms with Crippen molar-refractivity contribution in [2.24, 2.45) is 0 Å². The zero-order valence-corrected chi connectivity index (χ0v) is 21.4. The molecule has 0 aliphatic heterocycles. The molecule has 0 aliphatic carbocycles. The molecule has 0 radical (unpaired) electrons. The summed E-state index contributed by atoms with van der Waals surface area (Å²) in [6.45, 7) is 0.416. The summed E-state index contributed by atoms with van der Waals surface area (Å²) in [6, 6.07) is 34.4. The zero-order chi connectivity index (χ0) is 27.0. The molecule has 0 bridgehead atoms. The van der Waals surface area contributed by atoms with Crippen molar-refractivity contribution >= 4 is 22.8 Å². The standard InChI is InChI=1S/C33H29NO5/c35-31(36)17-9-10-20-38-29-16-8-7-15-27(29)30-22-26-21-25(18-19-28(26)39-30)33(37)34-32(23-11-3-1-4-12-23)24-13-5-2-6-14-24/h1-8,11-16,18-19,21-22,32H,9-10,17,20H2,(H,34,37)(H,35,36). The van der Waals surface area contributed by atoms with E-state index in [1.807, 2.05) is 103 Å². The molecule has 0 spiro atoms.